The summed E-state index contributed by atoms with van der Waals surface area (Å²) in [6.45, 7) is 3.69. The van der Waals surface area contributed by atoms with E-state index in [9.17, 15) is 9.59 Å². The van der Waals surface area contributed by atoms with Crippen LogP contribution in [-0.2, 0) is 9.53 Å². The van der Waals surface area contributed by atoms with Crippen molar-refractivity contribution < 1.29 is 28.5 Å². The maximum Gasteiger partial charge on any atom is 0.338 e. The molecule has 2 heterocycles. The molecule has 0 radical (unpaired) electrons. The van der Waals surface area contributed by atoms with Crippen LogP contribution < -0.4 is 33.8 Å². The molecule has 1 aliphatic heterocycles. The van der Waals surface area contributed by atoms with Gasteiger partial charge in [-0.3, -0.25) is 9.36 Å². The first-order valence-electron chi connectivity index (χ1n) is 11.5. The second-order valence-corrected chi connectivity index (χ2v) is 9.03. The lowest BCUT2D eigenvalue weighted by Gasteiger charge is -2.24. The Morgan fingerprint density at radius 1 is 1.00 bits per heavy atom. The third-order valence-electron chi connectivity index (χ3n) is 5.97. The fourth-order valence-corrected chi connectivity index (χ4v) is 5.24. The molecule has 194 valence electrons. The van der Waals surface area contributed by atoms with Crippen LogP contribution in [0.15, 0.2) is 57.5 Å². The van der Waals surface area contributed by atoms with E-state index in [0.29, 0.717) is 49.2 Å². The topological polar surface area (TPSA) is 97.6 Å². The second-order valence-electron chi connectivity index (χ2n) is 8.02. The van der Waals surface area contributed by atoms with Gasteiger partial charge in [-0.2, -0.15) is 0 Å². The standard InChI is InChI=1S/C27H28N2O7S/c1-7-36-26(31)23-15(2)28-27-29(24(23)16-8-10-18(32-3)11-9-16)25(30)22(37-27)13-17-12-20(34-5)21(35-6)14-19(17)33-4/h8-14,24H,7H2,1-6H3/b22-13+. The highest BCUT2D eigenvalue weighted by Crippen LogP contribution is 2.35. The number of nitrogens with zero attached hydrogens (tertiary/aromatic N) is 2. The number of hydrogen-bond acceptors (Lipinski definition) is 9. The number of esters is 1. The number of hydrogen-bond donors (Lipinski definition) is 0. The number of methoxy groups -OCH3 is 4. The summed E-state index contributed by atoms with van der Waals surface area (Å²) < 4.78 is 28.9. The van der Waals surface area contributed by atoms with Crippen molar-refractivity contribution in [2.45, 2.75) is 19.9 Å². The summed E-state index contributed by atoms with van der Waals surface area (Å²) in [4.78, 5) is 31.9. The van der Waals surface area contributed by atoms with Gasteiger partial charge >= 0.3 is 5.97 Å². The number of carbonyl (C=O) groups is 1. The van der Waals surface area contributed by atoms with Gasteiger partial charge in [0.05, 0.1) is 56.9 Å². The number of thiazole rings is 1. The van der Waals surface area contributed by atoms with E-state index in [2.05, 4.69) is 4.99 Å². The van der Waals surface area contributed by atoms with Crippen LogP contribution in [0.4, 0.5) is 0 Å². The maximum atomic E-state index is 13.8. The lowest BCUT2D eigenvalue weighted by molar-refractivity contribution is -0.139. The Hall–Kier alpha value is -4.05. The molecule has 1 aliphatic rings. The van der Waals surface area contributed by atoms with Crippen molar-refractivity contribution in [1.82, 2.24) is 4.57 Å². The molecule has 2 aromatic carbocycles. The predicted octanol–water partition coefficient (Wildman–Crippen LogP) is 2.83. The van der Waals surface area contributed by atoms with E-state index in [1.165, 1.54) is 30.1 Å². The van der Waals surface area contributed by atoms with Crippen LogP contribution in [-0.4, -0.2) is 45.6 Å². The number of fused-ring (bicyclic) bond motifs is 1. The van der Waals surface area contributed by atoms with Gasteiger partial charge in [0.15, 0.2) is 16.3 Å². The minimum absolute atomic E-state index is 0.203. The zero-order valence-electron chi connectivity index (χ0n) is 21.5. The molecule has 0 saturated heterocycles. The zero-order valence-corrected chi connectivity index (χ0v) is 22.3. The van der Waals surface area contributed by atoms with Crippen LogP contribution in [0.5, 0.6) is 23.0 Å². The first-order valence-corrected chi connectivity index (χ1v) is 12.3. The number of benzene rings is 2. The largest absolute Gasteiger partial charge is 0.497 e. The van der Waals surface area contributed by atoms with Gasteiger partial charge in [-0.25, -0.2) is 9.79 Å². The molecule has 37 heavy (non-hydrogen) atoms. The molecule has 3 aromatic rings. The first kappa shape index (κ1) is 26.0. The summed E-state index contributed by atoms with van der Waals surface area (Å²) in [6.07, 6.45) is 1.72. The molecule has 1 unspecified atom stereocenters. The van der Waals surface area contributed by atoms with Crippen LogP contribution in [0.2, 0.25) is 0 Å². The van der Waals surface area contributed by atoms with E-state index in [-0.39, 0.29) is 12.2 Å². The van der Waals surface area contributed by atoms with E-state index in [1.54, 1.807) is 58.4 Å². The van der Waals surface area contributed by atoms with Gasteiger partial charge in [0.1, 0.15) is 11.5 Å². The van der Waals surface area contributed by atoms with E-state index in [0.717, 1.165) is 5.56 Å². The third-order valence-corrected chi connectivity index (χ3v) is 6.95. The second kappa shape index (κ2) is 10.9. The molecule has 0 spiro atoms. The molecular weight excluding hydrogens is 496 g/mol. The van der Waals surface area contributed by atoms with Gasteiger partial charge in [0, 0.05) is 11.6 Å². The van der Waals surface area contributed by atoms with Crippen LogP contribution in [0.25, 0.3) is 6.08 Å². The molecule has 0 N–H and O–H groups in total. The Labute approximate surface area is 217 Å². The van der Waals surface area contributed by atoms with E-state index < -0.39 is 12.0 Å². The number of carbonyl (C=O) groups excluding carboxylic acids is 1. The van der Waals surface area contributed by atoms with E-state index >= 15 is 0 Å². The van der Waals surface area contributed by atoms with Gasteiger partial charge in [0.25, 0.3) is 5.56 Å². The molecule has 0 amide bonds. The number of allylic oxidation sites excluding steroid dienone is 1. The molecule has 10 heteroatoms. The number of aromatic nitrogens is 1. The highest BCUT2D eigenvalue weighted by Gasteiger charge is 2.33. The number of ether oxygens (including phenoxy) is 5. The van der Waals surface area contributed by atoms with Gasteiger partial charge in [-0.05, 0) is 43.7 Å². The monoisotopic (exact) mass is 524 g/mol. The molecule has 0 saturated carbocycles. The van der Waals surface area contributed by atoms with Gasteiger partial charge in [-0.1, -0.05) is 23.5 Å². The maximum absolute atomic E-state index is 13.8. The Morgan fingerprint density at radius 3 is 2.24 bits per heavy atom. The molecule has 0 bridgehead atoms. The molecule has 9 nitrogen and oxygen atoms in total. The summed E-state index contributed by atoms with van der Waals surface area (Å²) in [5.41, 5.74) is 1.88. The van der Waals surface area contributed by atoms with E-state index in [4.69, 9.17) is 23.7 Å². The minimum atomic E-state index is -0.712. The van der Waals surface area contributed by atoms with Crippen molar-refractivity contribution in [2.75, 3.05) is 35.0 Å². The molecule has 0 fully saturated rings. The van der Waals surface area contributed by atoms with Crippen LogP contribution in [0, 0.1) is 0 Å². The van der Waals surface area contributed by atoms with Crippen molar-refractivity contribution in [2.24, 2.45) is 4.99 Å². The Balaban J connectivity index is 1.95. The highest BCUT2D eigenvalue weighted by molar-refractivity contribution is 7.07. The Bertz CT molecular complexity index is 1530. The van der Waals surface area contributed by atoms with Crippen LogP contribution in [0.1, 0.15) is 31.0 Å². The first-order chi connectivity index (χ1) is 17.9. The van der Waals surface area contributed by atoms with Crippen molar-refractivity contribution in [3.8, 4) is 23.0 Å². The molecular formula is C27H28N2O7S. The average Bonchev–Trinajstić information content (AvgIpc) is 3.21. The Kier molecular flexibility index (Phi) is 7.68. The normalized spacial score (nSPS) is 15.1. The van der Waals surface area contributed by atoms with E-state index in [1.807, 2.05) is 12.1 Å². The molecule has 4 rings (SSSR count). The van der Waals surface area contributed by atoms with Gasteiger partial charge in [-0.15, -0.1) is 0 Å². The quantitative estimate of drug-likeness (QED) is 0.418. The van der Waals surface area contributed by atoms with Crippen LogP contribution in [0.3, 0.4) is 0 Å². The van der Waals surface area contributed by atoms with Gasteiger partial charge < -0.3 is 23.7 Å². The predicted molar refractivity (Wildman–Crippen MR) is 139 cm³/mol. The molecule has 1 aromatic heterocycles. The summed E-state index contributed by atoms with van der Waals surface area (Å²) in [5, 5.41) is 0. The smallest absolute Gasteiger partial charge is 0.338 e. The Morgan fingerprint density at radius 2 is 1.65 bits per heavy atom. The fourth-order valence-electron chi connectivity index (χ4n) is 4.20. The van der Waals surface area contributed by atoms with Crippen molar-refractivity contribution >= 4 is 23.4 Å². The lowest BCUT2D eigenvalue weighted by atomic mass is 9.96. The molecule has 0 aliphatic carbocycles. The summed E-state index contributed by atoms with van der Waals surface area (Å²) in [5.74, 6) is 1.67. The fraction of sp³-hybridized carbons (Fsp3) is 0.296. The molecule has 1 atom stereocenters. The third kappa shape index (κ3) is 4.84. The summed E-state index contributed by atoms with van der Waals surface area (Å²) in [7, 11) is 6.20. The number of rotatable bonds is 8. The highest BCUT2D eigenvalue weighted by atomic mass is 32.1. The van der Waals surface area contributed by atoms with Crippen molar-refractivity contribution in [3.05, 3.63) is 78.5 Å². The van der Waals surface area contributed by atoms with Crippen molar-refractivity contribution in [1.29, 1.82) is 0 Å². The van der Waals surface area contributed by atoms with Crippen LogP contribution >= 0.6 is 11.3 Å². The SMILES string of the molecule is CCOC(=O)C1=C(C)N=c2s/c(=C/c3cc(OC)c(OC)cc3OC)c(=O)n2C1c1ccc(OC)cc1. The summed E-state index contributed by atoms with van der Waals surface area (Å²) >= 11 is 1.23. The lowest BCUT2D eigenvalue weighted by Crippen LogP contribution is -2.39. The summed E-state index contributed by atoms with van der Waals surface area (Å²) in [6, 6.07) is 9.97. The van der Waals surface area contributed by atoms with Crippen molar-refractivity contribution in [3.63, 3.8) is 0 Å². The minimum Gasteiger partial charge on any atom is -0.497 e. The average molecular weight is 525 g/mol. The van der Waals surface area contributed by atoms with Gasteiger partial charge in [0.2, 0.25) is 0 Å². The zero-order chi connectivity index (χ0) is 26.7.